The van der Waals surface area contributed by atoms with Crippen LogP contribution in [0, 0.1) is 6.92 Å². The molecule has 0 radical (unpaired) electrons. The van der Waals surface area contributed by atoms with Gasteiger partial charge in [-0.05, 0) is 76.8 Å². The van der Waals surface area contributed by atoms with Crippen LogP contribution in [0.25, 0.3) is 11.1 Å². The Morgan fingerprint density at radius 3 is 2.09 bits per heavy atom. The molecule has 3 heteroatoms. The zero-order valence-corrected chi connectivity index (χ0v) is 20.0. The number of hydrogen-bond acceptors (Lipinski definition) is 3. The van der Waals surface area contributed by atoms with E-state index in [1.165, 1.54) is 16.7 Å². The fourth-order valence-electron chi connectivity index (χ4n) is 4.12. The number of benzene rings is 3. The molecule has 3 aromatic carbocycles. The van der Waals surface area contributed by atoms with E-state index in [2.05, 4.69) is 51.1 Å². The second kappa shape index (κ2) is 10.3. The predicted octanol–water partition coefficient (Wildman–Crippen LogP) is 6.86. The van der Waals surface area contributed by atoms with Gasteiger partial charge in [0, 0.05) is 0 Å². The van der Waals surface area contributed by atoms with E-state index in [4.69, 9.17) is 4.74 Å². The van der Waals surface area contributed by atoms with Gasteiger partial charge in [0.25, 0.3) is 0 Å². The maximum absolute atomic E-state index is 11.0. The van der Waals surface area contributed by atoms with E-state index in [9.17, 15) is 10.2 Å². The standard InChI is InChI=1S/C29H36O3/c1-6-29(31,7-2)24-13-15-26(27(16-24)20(3)4)28-17-25(14-8-21(28)5)32-19-23-11-9-22(18-30)10-12-23/h8-17,20,30-31H,6-7,18-19H2,1-5H3. The Hall–Kier alpha value is -2.62. The second-order valence-electron chi connectivity index (χ2n) is 8.94. The van der Waals surface area contributed by atoms with Crippen LogP contribution in [-0.2, 0) is 18.8 Å². The maximum Gasteiger partial charge on any atom is 0.120 e. The first-order valence-corrected chi connectivity index (χ1v) is 11.6. The van der Waals surface area contributed by atoms with E-state index in [1.807, 2.05) is 44.2 Å². The van der Waals surface area contributed by atoms with Crippen molar-refractivity contribution in [3.8, 4) is 16.9 Å². The van der Waals surface area contributed by atoms with Gasteiger partial charge >= 0.3 is 0 Å². The summed E-state index contributed by atoms with van der Waals surface area (Å²) in [5, 5.41) is 20.3. The Morgan fingerprint density at radius 1 is 0.844 bits per heavy atom. The van der Waals surface area contributed by atoms with Crippen molar-refractivity contribution in [2.24, 2.45) is 0 Å². The number of hydrogen-bond donors (Lipinski definition) is 2. The molecular formula is C29H36O3. The SMILES string of the molecule is CCC(O)(CC)c1ccc(-c2cc(OCc3ccc(CO)cc3)ccc2C)c(C(C)C)c1. The lowest BCUT2D eigenvalue weighted by atomic mass is 9.83. The van der Waals surface area contributed by atoms with Crippen molar-refractivity contribution < 1.29 is 14.9 Å². The smallest absolute Gasteiger partial charge is 0.120 e. The summed E-state index contributed by atoms with van der Waals surface area (Å²) < 4.78 is 6.09. The summed E-state index contributed by atoms with van der Waals surface area (Å²) in [5.74, 6) is 1.16. The van der Waals surface area contributed by atoms with Crippen LogP contribution in [0.4, 0.5) is 0 Å². The summed E-state index contributed by atoms with van der Waals surface area (Å²) in [6, 6.07) is 20.4. The minimum atomic E-state index is -0.784. The van der Waals surface area contributed by atoms with Gasteiger partial charge in [-0.2, -0.15) is 0 Å². The Morgan fingerprint density at radius 2 is 1.50 bits per heavy atom. The van der Waals surface area contributed by atoms with E-state index >= 15 is 0 Å². The third-order valence-electron chi connectivity index (χ3n) is 6.49. The molecule has 3 nitrogen and oxygen atoms in total. The fourth-order valence-corrected chi connectivity index (χ4v) is 4.12. The minimum absolute atomic E-state index is 0.0490. The summed E-state index contributed by atoms with van der Waals surface area (Å²) >= 11 is 0. The molecule has 0 saturated carbocycles. The largest absolute Gasteiger partial charge is 0.489 e. The number of aliphatic hydroxyl groups excluding tert-OH is 1. The quantitative estimate of drug-likeness (QED) is 0.388. The molecule has 0 spiro atoms. The predicted molar refractivity (Wildman–Crippen MR) is 132 cm³/mol. The van der Waals surface area contributed by atoms with Gasteiger partial charge in [-0.25, -0.2) is 0 Å². The van der Waals surface area contributed by atoms with Crippen LogP contribution >= 0.6 is 0 Å². The first-order chi connectivity index (χ1) is 15.3. The van der Waals surface area contributed by atoms with Crippen LogP contribution in [0.3, 0.4) is 0 Å². The number of aryl methyl sites for hydroxylation is 1. The Kier molecular flexibility index (Phi) is 7.76. The number of rotatable bonds is 9. The molecule has 0 amide bonds. The zero-order chi connectivity index (χ0) is 23.3. The van der Waals surface area contributed by atoms with Gasteiger partial charge in [-0.15, -0.1) is 0 Å². The van der Waals surface area contributed by atoms with Crippen LogP contribution < -0.4 is 4.74 Å². The van der Waals surface area contributed by atoms with E-state index < -0.39 is 5.60 Å². The first kappa shape index (κ1) is 24.0. The summed E-state index contributed by atoms with van der Waals surface area (Å²) in [4.78, 5) is 0. The highest BCUT2D eigenvalue weighted by molar-refractivity contribution is 5.73. The summed E-state index contributed by atoms with van der Waals surface area (Å²) in [5.41, 5.74) is 6.95. The molecule has 170 valence electrons. The Balaban J connectivity index is 1.92. The summed E-state index contributed by atoms with van der Waals surface area (Å²) in [6.45, 7) is 11.1. The molecule has 0 aliphatic carbocycles. The molecule has 3 rings (SSSR count). The Bertz CT molecular complexity index is 1030. The van der Waals surface area contributed by atoms with Crippen molar-refractivity contribution in [2.45, 2.75) is 72.2 Å². The highest BCUT2D eigenvalue weighted by Gasteiger charge is 2.26. The normalized spacial score (nSPS) is 11.8. The molecule has 0 fully saturated rings. The van der Waals surface area contributed by atoms with Crippen molar-refractivity contribution in [2.75, 3.05) is 0 Å². The molecule has 0 heterocycles. The van der Waals surface area contributed by atoms with Gasteiger partial charge < -0.3 is 14.9 Å². The van der Waals surface area contributed by atoms with Crippen molar-refractivity contribution in [3.63, 3.8) is 0 Å². The Labute approximate surface area is 192 Å². The third kappa shape index (κ3) is 5.23. The summed E-state index contributed by atoms with van der Waals surface area (Å²) in [7, 11) is 0. The molecule has 0 atom stereocenters. The average molecular weight is 433 g/mol. The minimum Gasteiger partial charge on any atom is -0.489 e. The molecule has 0 bridgehead atoms. The molecule has 0 saturated heterocycles. The molecule has 0 unspecified atom stereocenters. The van der Waals surface area contributed by atoms with Gasteiger partial charge in [0.15, 0.2) is 0 Å². The molecule has 32 heavy (non-hydrogen) atoms. The third-order valence-corrected chi connectivity index (χ3v) is 6.49. The van der Waals surface area contributed by atoms with Gasteiger partial charge in [-0.1, -0.05) is 76.2 Å². The lowest BCUT2D eigenvalue weighted by molar-refractivity contribution is 0.0283. The van der Waals surface area contributed by atoms with Crippen molar-refractivity contribution in [1.82, 2.24) is 0 Å². The van der Waals surface area contributed by atoms with Crippen LogP contribution in [0.2, 0.25) is 0 Å². The van der Waals surface area contributed by atoms with Crippen molar-refractivity contribution >= 4 is 0 Å². The van der Waals surface area contributed by atoms with E-state index in [1.54, 1.807) is 0 Å². The van der Waals surface area contributed by atoms with Crippen molar-refractivity contribution in [3.05, 3.63) is 88.5 Å². The number of aliphatic hydroxyl groups is 2. The molecular weight excluding hydrogens is 396 g/mol. The fraction of sp³-hybridized carbons (Fsp3) is 0.379. The second-order valence-corrected chi connectivity index (χ2v) is 8.94. The first-order valence-electron chi connectivity index (χ1n) is 11.6. The van der Waals surface area contributed by atoms with Gasteiger partial charge in [-0.3, -0.25) is 0 Å². The monoisotopic (exact) mass is 432 g/mol. The summed E-state index contributed by atoms with van der Waals surface area (Å²) in [6.07, 6.45) is 1.39. The van der Waals surface area contributed by atoms with Crippen LogP contribution in [0.5, 0.6) is 5.75 Å². The molecule has 0 aliphatic rings. The lowest BCUT2D eigenvalue weighted by Crippen LogP contribution is -2.23. The van der Waals surface area contributed by atoms with E-state index in [-0.39, 0.29) is 6.61 Å². The maximum atomic E-state index is 11.0. The van der Waals surface area contributed by atoms with Crippen LogP contribution in [-0.4, -0.2) is 10.2 Å². The average Bonchev–Trinajstić information content (AvgIpc) is 2.83. The topological polar surface area (TPSA) is 49.7 Å². The van der Waals surface area contributed by atoms with Crippen molar-refractivity contribution in [1.29, 1.82) is 0 Å². The van der Waals surface area contributed by atoms with Crippen LogP contribution in [0.15, 0.2) is 60.7 Å². The zero-order valence-electron chi connectivity index (χ0n) is 20.0. The van der Waals surface area contributed by atoms with Crippen LogP contribution in [0.1, 0.15) is 74.3 Å². The molecule has 3 aromatic rings. The van der Waals surface area contributed by atoms with E-state index in [0.29, 0.717) is 25.4 Å². The highest BCUT2D eigenvalue weighted by atomic mass is 16.5. The van der Waals surface area contributed by atoms with Gasteiger partial charge in [0.2, 0.25) is 0 Å². The molecule has 0 aliphatic heterocycles. The molecule has 0 aromatic heterocycles. The van der Waals surface area contributed by atoms with E-state index in [0.717, 1.165) is 28.0 Å². The molecule has 2 N–H and O–H groups in total. The lowest BCUT2D eigenvalue weighted by Gasteiger charge is -2.28. The van der Waals surface area contributed by atoms with Gasteiger partial charge in [0.1, 0.15) is 12.4 Å². The van der Waals surface area contributed by atoms with Gasteiger partial charge in [0.05, 0.1) is 12.2 Å². The highest BCUT2D eigenvalue weighted by Crippen LogP contribution is 2.38. The number of ether oxygens (including phenoxy) is 1.